The molecule has 0 spiro atoms. The Labute approximate surface area is 214 Å². The fraction of sp³-hybridized carbons (Fsp3) is 0.207. The maximum atomic E-state index is 11.1. The number of benzene rings is 3. The van der Waals surface area contributed by atoms with Gasteiger partial charge >= 0.3 is 0 Å². The Kier molecular flexibility index (Phi) is 7.88. The number of para-hydroxylation sites is 1. The Hall–Kier alpha value is -4.59. The van der Waals surface area contributed by atoms with Crippen molar-refractivity contribution in [3.05, 3.63) is 105 Å². The van der Waals surface area contributed by atoms with Gasteiger partial charge in [0.25, 0.3) is 11.4 Å². The van der Waals surface area contributed by atoms with Crippen LogP contribution in [0.2, 0.25) is 0 Å². The molecule has 3 aromatic carbocycles. The SMILES string of the molecule is CCCC(CC)Oc1ccccc1-c1cc(-c2ccc([N+](=O)[O-])cc2)nc(-c2ccc([N+](=O)[O-])cc2)c1. The second-order valence-corrected chi connectivity index (χ2v) is 8.67. The Balaban J connectivity index is 1.85. The van der Waals surface area contributed by atoms with Crippen molar-refractivity contribution >= 4 is 11.4 Å². The molecule has 1 aromatic heterocycles. The number of ether oxygens (including phenoxy) is 1. The highest BCUT2D eigenvalue weighted by Gasteiger charge is 2.16. The van der Waals surface area contributed by atoms with Crippen LogP contribution in [0, 0.1) is 20.2 Å². The van der Waals surface area contributed by atoms with E-state index in [0.29, 0.717) is 22.5 Å². The van der Waals surface area contributed by atoms with Crippen LogP contribution in [-0.4, -0.2) is 20.9 Å². The summed E-state index contributed by atoms with van der Waals surface area (Å²) in [6.45, 7) is 4.24. The van der Waals surface area contributed by atoms with Crippen LogP contribution < -0.4 is 4.74 Å². The first-order valence-corrected chi connectivity index (χ1v) is 12.2. The van der Waals surface area contributed by atoms with E-state index in [0.717, 1.165) is 36.1 Å². The van der Waals surface area contributed by atoms with Gasteiger partial charge in [-0.25, -0.2) is 4.98 Å². The number of nitro groups is 2. The summed E-state index contributed by atoms with van der Waals surface area (Å²) in [5.74, 6) is 0.762. The van der Waals surface area contributed by atoms with E-state index < -0.39 is 9.85 Å². The highest BCUT2D eigenvalue weighted by molar-refractivity contribution is 5.79. The molecule has 0 fully saturated rings. The van der Waals surface area contributed by atoms with Crippen molar-refractivity contribution in [1.29, 1.82) is 0 Å². The highest BCUT2D eigenvalue weighted by atomic mass is 16.6. The third-order valence-electron chi connectivity index (χ3n) is 6.13. The average molecular weight is 498 g/mol. The molecule has 0 aliphatic rings. The third-order valence-corrected chi connectivity index (χ3v) is 6.13. The van der Waals surface area contributed by atoms with Gasteiger partial charge in [-0.05, 0) is 60.9 Å². The molecule has 188 valence electrons. The standard InChI is InChI=1S/C29H27N3O5/c1-3-7-25(4-2)37-29-9-6-5-8-26(29)22-18-27(20-10-14-23(15-11-20)31(33)34)30-28(19-22)21-12-16-24(17-13-21)32(35)36/h5-6,8-19,25H,3-4,7H2,1-2H3. The van der Waals surface area contributed by atoms with E-state index in [1.54, 1.807) is 24.3 Å². The van der Waals surface area contributed by atoms with E-state index >= 15 is 0 Å². The van der Waals surface area contributed by atoms with E-state index in [4.69, 9.17) is 9.72 Å². The number of aromatic nitrogens is 1. The summed E-state index contributed by atoms with van der Waals surface area (Å²) >= 11 is 0. The maximum Gasteiger partial charge on any atom is 0.269 e. The van der Waals surface area contributed by atoms with Crippen molar-refractivity contribution in [2.24, 2.45) is 0 Å². The fourth-order valence-electron chi connectivity index (χ4n) is 4.15. The Morgan fingerprint density at radius 3 is 1.73 bits per heavy atom. The zero-order valence-electron chi connectivity index (χ0n) is 20.7. The molecule has 4 rings (SSSR count). The van der Waals surface area contributed by atoms with Crippen molar-refractivity contribution in [3.8, 4) is 39.4 Å². The fourth-order valence-corrected chi connectivity index (χ4v) is 4.15. The number of rotatable bonds is 10. The lowest BCUT2D eigenvalue weighted by molar-refractivity contribution is -0.385. The predicted octanol–water partition coefficient (Wildman–Crippen LogP) is 7.86. The molecule has 0 bridgehead atoms. The molecule has 0 saturated heterocycles. The lowest BCUT2D eigenvalue weighted by Crippen LogP contribution is -2.15. The molecule has 0 radical (unpaired) electrons. The monoisotopic (exact) mass is 497 g/mol. The molecule has 0 aliphatic carbocycles. The second kappa shape index (κ2) is 11.4. The lowest BCUT2D eigenvalue weighted by Gasteiger charge is -2.20. The van der Waals surface area contributed by atoms with E-state index in [1.165, 1.54) is 24.3 Å². The van der Waals surface area contributed by atoms with E-state index in [9.17, 15) is 20.2 Å². The van der Waals surface area contributed by atoms with Crippen LogP contribution in [0.25, 0.3) is 33.6 Å². The Morgan fingerprint density at radius 1 is 0.757 bits per heavy atom. The van der Waals surface area contributed by atoms with Crippen LogP contribution in [0.15, 0.2) is 84.9 Å². The third kappa shape index (κ3) is 5.98. The molecule has 8 nitrogen and oxygen atoms in total. The van der Waals surface area contributed by atoms with Gasteiger partial charge in [0, 0.05) is 41.0 Å². The molecule has 0 aliphatic heterocycles. The molecule has 8 heteroatoms. The predicted molar refractivity (Wildman–Crippen MR) is 143 cm³/mol. The van der Waals surface area contributed by atoms with Crippen LogP contribution in [-0.2, 0) is 0 Å². The first-order chi connectivity index (χ1) is 17.9. The smallest absolute Gasteiger partial charge is 0.269 e. The van der Waals surface area contributed by atoms with E-state index in [-0.39, 0.29) is 17.5 Å². The number of nitro benzene ring substituents is 2. The number of non-ortho nitro benzene ring substituents is 2. The minimum atomic E-state index is -0.441. The number of hydrogen-bond donors (Lipinski definition) is 0. The average Bonchev–Trinajstić information content (AvgIpc) is 2.93. The summed E-state index contributed by atoms with van der Waals surface area (Å²) in [7, 11) is 0. The zero-order chi connectivity index (χ0) is 26.4. The largest absolute Gasteiger partial charge is 0.490 e. The minimum absolute atomic E-state index is 0.00391. The summed E-state index contributed by atoms with van der Waals surface area (Å²) in [6, 6.07) is 24.1. The minimum Gasteiger partial charge on any atom is -0.490 e. The molecular formula is C29H27N3O5. The van der Waals surface area contributed by atoms with Crippen molar-refractivity contribution in [3.63, 3.8) is 0 Å². The van der Waals surface area contributed by atoms with Crippen LogP contribution in [0.4, 0.5) is 11.4 Å². The number of pyridine rings is 1. The molecule has 1 heterocycles. The summed E-state index contributed by atoms with van der Waals surface area (Å²) in [5.41, 5.74) is 4.42. The van der Waals surface area contributed by atoms with Gasteiger partial charge in [-0.3, -0.25) is 20.2 Å². The molecule has 1 atom stereocenters. The zero-order valence-corrected chi connectivity index (χ0v) is 20.7. The Bertz CT molecular complexity index is 1330. The molecule has 0 saturated carbocycles. The quantitative estimate of drug-likeness (QED) is 0.163. The summed E-state index contributed by atoms with van der Waals surface area (Å²) in [4.78, 5) is 26.2. The molecule has 4 aromatic rings. The van der Waals surface area contributed by atoms with Gasteiger partial charge in [0.2, 0.25) is 0 Å². The van der Waals surface area contributed by atoms with Crippen LogP contribution in [0.3, 0.4) is 0 Å². The van der Waals surface area contributed by atoms with Gasteiger partial charge in [0.15, 0.2) is 0 Å². The number of nitrogens with zero attached hydrogens (tertiary/aromatic N) is 3. The first kappa shape index (κ1) is 25.5. The molecule has 37 heavy (non-hydrogen) atoms. The van der Waals surface area contributed by atoms with E-state index in [1.807, 2.05) is 36.4 Å². The topological polar surface area (TPSA) is 108 Å². The van der Waals surface area contributed by atoms with E-state index in [2.05, 4.69) is 13.8 Å². The van der Waals surface area contributed by atoms with Gasteiger partial charge < -0.3 is 4.74 Å². The van der Waals surface area contributed by atoms with Gasteiger partial charge in [-0.2, -0.15) is 0 Å². The maximum absolute atomic E-state index is 11.1. The molecular weight excluding hydrogens is 470 g/mol. The second-order valence-electron chi connectivity index (χ2n) is 8.67. The lowest BCUT2D eigenvalue weighted by atomic mass is 9.99. The van der Waals surface area contributed by atoms with Crippen LogP contribution >= 0.6 is 0 Å². The van der Waals surface area contributed by atoms with Crippen molar-refractivity contribution in [1.82, 2.24) is 4.98 Å². The summed E-state index contributed by atoms with van der Waals surface area (Å²) < 4.78 is 6.39. The summed E-state index contributed by atoms with van der Waals surface area (Å²) in [6.07, 6.45) is 2.95. The molecule has 0 N–H and O–H groups in total. The van der Waals surface area contributed by atoms with Crippen molar-refractivity contribution in [2.45, 2.75) is 39.2 Å². The van der Waals surface area contributed by atoms with Gasteiger partial charge in [-0.15, -0.1) is 0 Å². The van der Waals surface area contributed by atoms with Gasteiger partial charge in [0.05, 0.1) is 27.3 Å². The highest BCUT2D eigenvalue weighted by Crippen LogP contribution is 2.36. The van der Waals surface area contributed by atoms with Gasteiger partial charge in [0.1, 0.15) is 5.75 Å². The number of hydrogen-bond acceptors (Lipinski definition) is 6. The summed E-state index contributed by atoms with van der Waals surface area (Å²) in [5, 5.41) is 22.3. The Morgan fingerprint density at radius 2 is 1.27 bits per heavy atom. The van der Waals surface area contributed by atoms with Crippen LogP contribution in [0.1, 0.15) is 33.1 Å². The van der Waals surface area contributed by atoms with Crippen molar-refractivity contribution < 1.29 is 14.6 Å². The normalized spacial score (nSPS) is 11.6. The van der Waals surface area contributed by atoms with Crippen LogP contribution in [0.5, 0.6) is 5.75 Å². The van der Waals surface area contributed by atoms with Crippen molar-refractivity contribution in [2.75, 3.05) is 0 Å². The molecule has 0 amide bonds. The first-order valence-electron chi connectivity index (χ1n) is 12.2. The van der Waals surface area contributed by atoms with Gasteiger partial charge in [-0.1, -0.05) is 38.5 Å². The molecule has 1 unspecified atom stereocenters.